The van der Waals surface area contributed by atoms with Crippen molar-refractivity contribution in [1.82, 2.24) is 15.1 Å². The molecular formula is C21H34N3O5P. The van der Waals surface area contributed by atoms with E-state index in [1.54, 1.807) is 29.3 Å². The number of hydrogen-bond donors (Lipinski definition) is 3. The Morgan fingerprint density at radius 1 is 1.30 bits per heavy atom. The maximum Gasteiger partial charge on any atom is 0.341 e. The molecule has 1 fully saturated rings. The zero-order valence-corrected chi connectivity index (χ0v) is 19.0. The number of ether oxygens (including phenoxy) is 1. The maximum absolute atomic E-state index is 13.2. The highest BCUT2D eigenvalue weighted by atomic mass is 31.2. The van der Waals surface area contributed by atoms with Crippen LogP contribution in [0.5, 0.6) is 0 Å². The van der Waals surface area contributed by atoms with Crippen molar-refractivity contribution in [3.8, 4) is 0 Å². The summed E-state index contributed by atoms with van der Waals surface area (Å²) in [5.41, 5.74) is 0.283. The molecule has 0 spiro atoms. The first-order valence-corrected chi connectivity index (χ1v) is 11.8. The van der Waals surface area contributed by atoms with Crippen molar-refractivity contribution in [2.75, 3.05) is 6.61 Å². The number of allylic oxidation sites excluding steroid dienone is 1. The summed E-state index contributed by atoms with van der Waals surface area (Å²) >= 11 is 0. The van der Waals surface area contributed by atoms with Gasteiger partial charge in [0, 0.05) is 42.7 Å². The second kappa shape index (κ2) is 10.6. The third-order valence-corrected chi connectivity index (χ3v) is 7.05. The van der Waals surface area contributed by atoms with Crippen molar-refractivity contribution < 1.29 is 23.7 Å². The minimum absolute atomic E-state index is 0.0338. The van der Waals surface area contributed by atoms with Gasteiger partial charge in [-0.1, -0.05) is 18.2 Å². The van der Waals surface area contributed by atoms with E-state index in [4.69, 9.17) is 9.26 Å². The SMILES string of the molecule is C=C[C@@H]1[C@H](C=C)[C@@H](COP(=O)(NC(C)C)NC(C)C)O[C@H]1N1C=CCC(C(=O)O)=C1. The molecule has 8 nitrogen and oxygen atoms in total. The van der Waals surface area contributed by atoms with E-state index < -0.39 is 26.0 Å². The van der Waals surface area contributed by atoms with Gasteiger partial charge >= 0.3 is 13.6 Å². The lowest BCUT2D eigenvalue weighted by Crippen LogP contribution is -2.35. The van der Waals surface area contributed by atoms with Gasteiger partial charge < -0.3 is 19.3 Å². The fourth-order valence-corrected chi connectivity index (χ4v) is 5.59. The van der Waals surface area contributed by atoms with Crippen LogP contribution in [-0.4, -0.2) is 47.0 Å². The maximum atomic E-state index is 13.2. The Hall–Kier alpha value is -1.70. The van der Waals surface area contributed by atoms with Crippen molar-refractivity contribution in [2.24, 2.45) is 11.8 Å². The van der Waals surface area contributed by atoms with Crippen molar-refractivity contribution in [3.05, 3.63) is 49.4 Å². The third-order valence-electron chi connectivity index (χ3n) is 4.83. The molecule has 1 saturated heterocycles. The number of hydrogen-bond acceptors (Lipinski definition) is 5. The van der Waals surface area contributed by atoms with Crippen LogP contribution in [0.4, 0.5) is 0 Å². The molecule has 0 aromatic carbocycles. The predicted molar refractivity (Wildman–Crippen MR) is 117 cm³/mol. The average Bonchev–Trinajstić information content (AvgIpc) is 3.02. The summed E-state index contributed by atoms with van der Waals surface area (Å²) in [6, 6.07) is -0.0676. The number of rotatable bonds is 11. The van der Waals surface area contributed by atoms with Gasteiger partial charge in [-0.2, -0.15) is 0 Å². The van der Waals surface area contributed by atoms with Gasteiger partial charge in [0.05, 0.1) is 18.3 Å². The largest absolute Gasteiger partial charge is 0.478 e. The molecule has 30 heavy (non-hydrogen) atoms. The van der Waals surface area contributed by atoms with Crippen LogP contribution in [-0.2, 0) is 18.6 Å². The van der Waals surface area contributed by atoms with Gasteiger partial charge in [0.1, 0.15) is 6.23 Å². The summed E-state index contributed by atoms with van der Waals surface area (Å²) in [6.07, 6.45) is 8.23. The van der Waals surface area contributed by atoms with Crippen LogP contribution in [0.2, 0.25) is 0 Å². The fourth-order valence-electron chi connectivity index (χ4n) is 3.65. The van der Waals surface area contributed by atoms with E-state index in [1.165, 1.54) is 0 Å². The molecular weight excluding hydrogens is 405 g/mol. The summed E-state index contributed by atoms with van der Waals surface area (Å²) in [4.78, 5) is 13.1. The first-order valence-electron chi connectivity index (χ1n) is 10.2. The summed E-state index contributed by atoms with van der Waals surface area (Å²) in [6.45, 7) is 15.5. The van der Waals surface area contributed by atoms with Gasteiger partial charge in [0.2, 0.25) is 0 Å². The molecule has 0 saturated carbocycles. The van der Waals surface area contributed by atoms with E-state index in [0.29, 0.717) is 6.42 Å². The van der Waals surface area contributed by atoms with Crippen LogP contribution < -0.4 is 10.2 Å². The Morgan fingerprint density at radius 2 is 1.90 bits per heavy atom. The lowest BCUT2D eigenvalue weighted by molar-refractivity contribution is -0.132. The van der Waals surface area contributed by atoms with Crippen LogP contribution in [0, 0.1) is 11.8 Å². The molecule has 0 amide bonds. The van der Waals surface area contributed by atoms with Crippen LogP contribution in [0.25, 0.3) is 0 Å². The van der Waals surface area contributed by atoms with Crippen molar-refractivity contribution >= 4 is 13.6 Å². The molecule has 0 unspecified atom stereocenters. The molecule has 0 bridgehead atoms. The molecule has 0 aromatic rings. The molecule has 3 N–H and O–H groups in total. The summed E-state index contributed by atoms with van der Waals surface area (Å²) in [5, 5.41) is 15.3. The fraction of sp³-hybridized carbons (Fsp3) is 0.571. The van der Waals surface area contributed by atoms with Gasteiger partial charge in [0.15, 0.2) is 0 Å². The van der Waals surface area contributed by atoms with Gasteiger partial charge in [-0.05, 0) is 27.7 Å². The van der Waals surface area contributed by atoms with Crippen LogP contribution in [0.1, 0.15) is 34.1 Å². The van der Waals surface area contributed by atoms with E-state index in [1.807, 2.05) is 33.9 Å². The molecule has 2 aliphatic heterocycles. The quantitative estimate of drug-likeness (QED) is 0.332. The zero-order chi connectivity index (χ0) is 22.5. The standard InChI is InChI=1S/C21H34N3O5P/c1-7-17-18(8-2)20(24-11-9-10-16(12-24)21(25)26)29-19(17)13-28-30(27,22-14(3)4)23-15(5)6/h7-9,11-12,14-15,17-20H,1-2,10,13H2,3-6H3,(H,25,26)(H2,22,23,27)/t17-,18+,19+,20+/m0/s1. The number of aliphatic carboxylic acids is 1. The molecule has 4 atom stereocenters. The van der Waals surface area contributed by atoms with Crippen LogP contribution in [0.15, 0.2) is 49.4 Å². The molecule has 9 heteroatoms. The molecule has 168 valence electrons. The van der Waals surface area contributed by atoms with Gasteiger partial charge in [-0.3, -0.25) is 4.57 Å². The van der Waals surface area contributed by atoms with Gasteiger partial charge in [-0.25, -0.2) is 15.0 Å². The number of nitrogens with one attached hydrogen (secondary N) is 2. The van der Waals surface area contributed by atoms with Crippen molar-refractivity contribution in [2.45, 2.75) is 58.5 Å². The van der Waals surface area contributed by atoms with Gasteiger partial charge in [-0.15, -0.1) is 13.2 Å². The molecule has 2 rings (SSSR count). The van der Waals surface area contributed by atoms with Gasteiger partial charge in [0.25, 0.3) is 0 Å². The second-order valence-electron chi connectivity index (χ2n) is 8.10. The minimum atomic E-state index is -3.28. The number of carboxylic acids is 1. The second-order valence-corrected chi connectivity index (χ2v) is 9.98. The van der Waals surface area contributed by atoms with Crippen molar-refractivity contribution in [1.29, 1.82) is 0 Å². The van der Waals surface area contributed by atoms with E-state index >= 15 is 0 Å². The van der Waals surface area contributed by atoms with E-state index in [2.05, 4.69) is 23.3 Å². The topological polar surface area (TPSA) is 100 Å². The Kier molecular flexibility index (Phi) is 8.64. The number of carbonyl (C=O) groups is 1. The molecule has 0 radical (unpaired) electrons. The highest BCUT2D eigenvalue weighted by Crippen LogP contribution is 2.43. The molecule has 2 heterocycles. The number of carboxylic acid groups (broad SMARTS) is 1. The molecule has 0 aliphatic carbocycles. The lowest BCUT2D eigenvalue weighted by atomic mass is 9.89. The summed E-state index contributed by atoms with van der Waals surface area (Å²) in [7, 11) is -3.28. The molecule has 2 aliphatic rings. The highest BCUT2D eigenvalue weighted by molar-refractivity contribution is 7.54. The highest BCUT2D eigenvalue weighted by Gasteiger charge is 2.44. The molecule has 0 aromatic heterocycles. The predicted octanol–water partition coefficient (Wildman–Crippen LogP) is 3.62. The zero-order valence-electron chi connectivity index (χ0n) is 18.2. The lowest BCUT2D eigenvalue weighted by Gasteiger charge is -2.30. The first kappa shape index (κ1) is 24.6. The third kappa shape index (κ3) is 6.15. The number of nitrogens with zero attached hydrogens (tertiary/aromatic N) is 1. The van der Waals surface area contributed by atoms with Crippen LogP contribution >= 0.6 is 7.67 Å². The monoisotopic (exact) mass is 439 g/mol. The summed E-state index contributed by atoms with van der Waals surface area (Å²) < 4.78 is 25.3. The first-order chi connectivity index (χ1) is 14.1. The Bertz CT molecular complexity index is 735. The Labute approximate surface area is 179 Å². The van der Waals surface area contributed by atoms with E-state index in [9.17, 15) is 14.5 Å². The van der Waals surface area contributed by atoms with Crippen LogP contribution in [0.3, 0.4) is 0 Å². The summed E-state index contributed by atoms with van der Waals surface area (Å²) in [5.74, 6) is -1.23. The van der Waals surface area contributed by atoms with Crippen molar-refractivity contribution in [3.63, 3.8) is 0 Å². The Balaban J connectivity index is 2.18. The average molecular weight is 439 g/mol. The van der Waals surface area contributed by atoms with E-state index in [-0.39, 0.29) is 36.1 Å². The smallest absolute Gasteiger partial charge is 0.341 e. The normalized spacial score (nSPS) is 26.9. The van der Waals surface area contributed by atoms with E-state index in [0.717, 1.165) is 0 Å². The minimum Gasteiger partial charge on any atom is -0.478 e. The Morgan fingerprint density at radius 3 is 2.40 bits per heavy atom.